The second-order valence-corrected chi connectivity index (χ2v) is 5.16. The third-order valence-corrected chi connectivity index (χ3v) is 3.89. The Kier molecular flexibility index (Phi) is 3.63. The number of anilines is 3. The Bertz CT molecular complexity index is 557. The van der Waals surface area contributed by atoms with Crippen molar-refractivity contribution in [2.45, 2.75) is 6.92 Å². The zero-order valence-electron chi connectivity index (χ0n) is 9.04. The van der Waals surface area contributed by atoms with E-state index in [-0.39, 0.29) is 0 Å². The van der Waals surface area contributed by atoms with Crippen LogP contribution in [0.4, 0.5) is 17.3 Å². The van der Waals surface area contributed by atoms with E-state index in [1.807, 2.05) is 25.1 Å². The fourth-order valence-corrected chi connectivity index (χ4v) is 1.96. The molecule has 0 unspecified atom stereocenters. The summed E-state index contributed by atoms with van der Waals surface area (Å²) in [6.07, 6.45) is 1.42. The number of nitrogens with zero attached hydrogens (tertiary/aromatic N) is 2. The normalized spacial score (nSPS) is 10.3. The Labute approximate surface area is 116 Å². The molecule has 1 aromatic carbocycles. The van der Waals surface area contributed by atoms with Crippen LogP contribution in [-0.4, -0.2) is 9.97 Å². The van der Waals surface area contributed by atoms with Gasteiger partial charge in [-0.3, -0.25) is 0 Å². The first-order chi connectivity index (χ1) is 8.08. The third-order valence-electron chi connectivity index (χ3n) is 2.25. The molecule has 6 heteroatoms. The molecule has 0 atom stereocenters. The van der Waals surface area contributed by atoms with Crippen molar-refractivity contribution in [2.75, 3.05) is 11.1 Å². The smallest absolute Gasteiger partial charge is 0.150 e. The fraction of sp³-hybridized carbons (Fsp3) is 0.0909. The van der Waals surface area contributed by atoms with Gasteiger partial charge in [0.2, 0.25) is 0 Å². The molecular formula is C11H10Br2N4. The first-order valence-corrected chi connectivity index (χ1v) is 6.45. The van der Waals surface area contributed by atoms with Gasteiger partial charge in [-0.2, -0.15) is 0 Å². The third kappa shape index (κ3) is 2.76. The number of hydrogen-bond acceptors (Lipinski definition) is 4. The Balaban J connectivity index is 2.31. The summed E-state index contributed by atoms with van der Waals surface area (Å²) in [5, 5.41) is 3.17. The van der Waals surface area contributed by atoms with Crippen molar-refractivity contribution in [2.24, 2.45) is 0 Å². The van der Waals surface area contributed by atoms with Crippen LogP contribution >= 0.6 is 31.9 Å². The molecule has 2 rings (SSSR count). The average molecular weight is 358 g/mol. The van der Waals surface area contributed by atoms with Crippen LogP contribution in [0.15, 0.2) is 33.5 Å². The molecule has 0 fully saturated rings. The van der Waals surface area contributed by atoms with Crippen molar-refractivity contribution in [3.8, 4) is 0 Å². The fourth-order valence-electron chi connectivity index (χ4n) is 1.28. The number of benzene rings is 1. The molecule has 0 aliphatic heterocycles. The summed E-state index contributed by atoms with van der Waals surface area (Å²) in [6.45, 7) is 2.03. The highest BCUT2D eigenvalue weighted by Gasteiger charge is 2.06. The lowest BCUT2D eigenvalue weighted by Crippen LogP contribution is -1.99. The molecule has 4 nitrogen and oxygen atoms in total. The Morgan fingerprint density at radius 1 is 1.24 bits per heavy atom. The summed E-state index contributed by atoms with van der Waals surface area (Å²) in [5.41, 5.74) is 7.79. The van der Waals surface area contributed by atoms with Crippen LogP contribution < -0.4 is 11.1 Å². The average Bonchev–Trinajstić information content (AvgIpc) is 2.30. The van der Waals surface area contributed by atoms with Crippen molar-refractivity contribution in [1.29, 1.82) is 0 Å². The van der Waals surface area contributed by atoms with Crippen LogP contribution in [0, 0.1) is 6.92 Å². The number of halogens is 2. The second kappa shape index (κ2) is 5.01. The zero-order valence-corrected chi connectivity index (χ0v) is 12.2. The van der Waals surface area contributed by atoms with Crippen molar-refractivity contribution in [1.82, 2.24) is 9.97 Å². The maximum atomic E-state index is 5.68. The van der Waals surface area contributed by atoms with Crippen LogP contribution in [0.2, 0.25) is 0 Å². The topological polar surface area (TPSA) is 63.8 Å². The maximum Gasteiger partial charge on any atom is 0.150 e. The lowest BCUT2D eigenvalue weighted by molar-refractivity contribution is 1.16. The molecule has 1 heterocycles. The van der Waals surface area contributed by atoms with E-state index >= 15 is 0 Å². The van der Waals surface area contributed by atoms with E-state index < -0.39 is 0 Å². The molecular weight excluding hydrogens is 348 g/mol. The molecule has 0 aliphatic rings. The van der Waals surface area contributed by atoms with E-state index in [1.165, 1.54) is 11.9 Å². The quantitative estimate of drug-likeness (QED) is 0.861. The molecule has 88 valence electrons. The molecule has 1 aromatic heterocycles. The van der Waals surface area contributed by atoms with Gasteiger partial charge in [-0.25, -0.2) is 9.97 Å². The summed E-state index contributed by atoms with van der Waals surface area (Å²) in [7, 11) is 0. The van der Waals surface area contributed by atoms with E-state index in [9.17, 15) is 0 Å². The van der Waals surface area contributed by atoms with Crippen molar-refractivity contribution < 1.29 is 0 Å². The summed E-state index contributed by atoms with van der Waals surface area (Å²) in [4.78, 5) is 8.01. The van der Waals surface area contributed by atoms with E-state index in [1.54, 1.807) is 0 Å². The van der Waals surface area contributed by atoms with E-state index in [2.05, 4.69) is 47.1 Å². The molecule has 2 aromatic rings. The number of hydrogen-bond donors (Lipinski definition) is 2. The van der Waals surface area contributed by atoms with Gasteiger partial charge in [0.15, 0.2) is 0 Å². The van der Waals surface area contributed by atoms with Crippen molar-refractivity contribution in [3.05, 3.63) is 39.0 Å². The lowest BCUT2D eigenvalue weighted by atomic mass is 10.2. The first kappa shape index (κ1) is 12.3. The van der Waals surface area contributed by atoms with E-state index in [0.717, 1.165) is 10.2 Å². The van der Waals surface area contributed by atoms with Gasteiger partial charge < -0.3 is 11.1 Å². The standard InChI is InChI=1S/C11H10Br2N4/c1-6-2-3-7(4-8(6)12)17-11-9(13)10(14)15-5-16-11/h2-5H,1H3,(H3,14,15,16,17). The highest BCUT2D eigenvalue weighted by molar-refractivity contribution is 9.11. The molecule has 17 heavy (non-hydrogen) atoms. The number of rotatable bonds is 2. The van der Waals surface area contributed by atoms with Gasteiger partial charge in [0.25, 0.3) is 0 Å². The summed E-state index contributed by atoms with van der Waals surface area (Å²) in [6, 6.07) is 5.98. The van der Waals surface area contributed by atoms with Crippen LogP contribution in [0.5, 0.6) is 0 Å². The minimum absolute atomic E-state index is 0.411. The van der Waals surface area contributed by atoms with Gasteiger partial charge in [0.1, 0.15) is 22.4 Å². The lowest BCUT2D eigenvalue weighted by Gasteiger charge is -2.09. The highest BCUT2D eigenvalue weighted by atomic mass is 79.9. The van der Waals surface area contributed by atoms with Crippen LogP contribution in [0.3, 0.4) is 0 Å². The molecule has 0 amide bonds. The van der Waals surface area contributed by atoms with Gasteiger partial charge in [-0.15, -0.1) is 0 Å². The molecule has 0 bridgehead atoms. The largest absolute Gasteiger partial charge is 0.383 e. The Morgan fingerprint density at radius 2 is 2.00 bits per heavy atom. The number of nitrogen functional groups attached to an aromatic ring is 1. The second-order valence-electron chi connectivity index (χ2n) is 3.51. The van der Waals surface area contributed by atoms with Crippen LogP contribution in [0.25, 0.3) is 0 Å². The summed E-state index contributed by atoms with van der Waals surface area (Å²) >= 11 is 6.83. The minimum Gasteiger partial charge on any atom is -0.383 e. The van der Waals surface area contributed by atoms with E-state index in [0.29, 0.717) is 16.1 Å². The number of aryl methyl sites for hydroxylation is 1. The molecule has 0 saturated heterocycles. The summed E-state index contributed by atoms with van der Waals surface area (Å²) < 4.78 is 1.71. The first-order valence-electron chi connectivity index (χ1n) is 4.87. The zero-order chi connectivity index (χ0) is 12.4. The monoisotopic (exact) mass is 356 g/mol. The number of aromatic nitrogens is 2. The van der Waals surface area contributed by atoms with Gasteiger partial charge in [0.05, 0.1) is 0 Å². The predicted octanol–water partition coefficient (Wildman–Crippen LogP) is 3.64. The van der Waals surface area contributed by atoms with Gasteiger partial charge in [-0.05, 0) is 40.5 Å². The molecule has 0 aliphatic carbocycles. The highest BCUT2D eigenvalue weighted by Crippen LogP contribution is 2.28. The molecule has 3 N–H and O–H groups in total. The molecule has 0 saturated carbocycles. The van der Waals surface area contributed by atoms with E-state index in [4.69, 9.17) is 5.73 Å². The Hall–Kier alpha value is -1.14. The van der Waals surface area contributed by atoms with Crippen molar-refractivity contribution >= 4 is 49.2 Å². The number of nitrogens with one attached hydrogen (secondary N) is 1. The van der Waals surface area contributed by atoms with Gasteiger partial charge >= 0.3 is 0 Å². The maximum absolute atomic E-state index is 5.68. The minimum atomic E-state index is 0.411. The SMILES string of the molecule is Cc1ccc(Nc2ncnc(N)c2Br)cc1Br. The van der Waals surface area contributed by atoms with Gasteiger partial charge in [0, 0.05) is 10.2 Å². The van der Waals surface area contributed by atoms with Crippen molar-refractivity contribution in [3.63, 3.8) is 0 Å². The Morgan fingerprint density at radius 3 is 2.71 bits per heavy atom. The van der Waals surface area contributed by atoms with Crippen LogP contribution in [-0.2, 0) is 0 Å². The summed E-state index contributed by atoms with van der Waals surface area (Å²) in [5.74, 6) is 1.06. The molecule has 0 spiro atoms. The predicted molar refractivity (Wildman–Crippen MR) is 76.3 cm³/mol. The van der Waals surface area contributed by atoms with Crippen LogP contribution in [0.1, 0.15) is 5.56 Å². The van der Waals surface area contributed by atoms with Gasteiger partial charge in [-0.1, -0.05) is 22.0 Å². The number of nitrogens with two attached hydrogens (primary N) is 1. The molecule has 0 radical (unpaired) electrons.